The first-order chi connectivity index (χ1) is 23.8. The van der Waals surface area contributed by atoms with Crippen LogP contribution in [0.3, 0.4) is 0 Å². The second-order valence-corrected chi connectivity index (χ2v) is 15.6. The van der Waals surface area contributed by atoms with Crippen molar-refractivity contribution in [3.05, 3.63) is 48.3 Å². The van der Waals surface area contributed by atoms with Crippen LogP contribution in [0.15, 0.2) is 42.7 Å². The zero-order valence-corrected chi connectivity index (χ0v) is 32.8. The van der Waals surface area contributed by atoms with E-state index in [-0.39, 0.29) is 0 Å². The molecule has 0 spiro atoms. The van der Waals surface area contributed by atoms with Crippen molar-refractivity contribution in [3.63, 3.8) is 0 Å². The Morgan fingerprint density at radius 3 is 1.10 bits per heavy atom. The molecule has 1 heterocycles. The zero-order valence-electron chi connectivity index (χ0n) is 32.8. The molecule has 0 fully saturated rings. The van der Waals surface area contributed by atoms with Gasteiger partial charge in [-0.15, -0.1) is 0 Å². The maximum atomic E-state index is 2.68. The molecule has 2 rings (SSSR count). The Bertz CT molecular complexity index is 804. The van der Waals surface area contributed by atoms with Crippen LogP contribution in [0, 0.1) is 0 Å². The first-order valence-electron chi connectivity index (χ1n) is 22.1. The Balaban J connectivity index is 1.49. The van der Waals surface area contributed by atoms with Crippen molar-refractivity contribution in [2.24, 2.45) is 0 Å². The van der Waals surface area contributed by atoms with Crippen LogP contribution in [0.25, 0.3) is 0 Å². The number of hydrogen-bond acceptors (Lipinski definition) is 2. The normalized spacial score (nSPS) is 14.5. The quantitative estimate of drug-likeness (QED) is 0.0659. The van der Waals surface area contributed by atoms with Gasteiger partial charge in [0.2, 0.25) is 0 Å². The van der Waals surface area contributed by atoms with E-state index in [9.17, 15) is 0 Å². The number of nitrogens with zero attached hydrogens (tertiary/aromatic N) is 2. The molecule has 1 atom stereocenters. The van der Waals surface area contributed by atoms with E-state index in [4.69, 9.17) is 0 Å². The number of rotatable bonds is 36. The minimum Gasteiger partial charge on any atom is -0.356 e. The van der Waals surface area contributed by atoms with E-state index in [0.717, 1.165) is 6.54 Å². The molecule has 1 aliphatic rings. The molecule has 0 amide bonds. The highest BCUT2D eigenvalue weighted by molar-refractivity contribution is 5.16. The maximum Gasteiger partial charge on any atom is 0.101 e. The second kappa shape index (κ2) is 32.7. The monoisotopic (exact) mass is 665 g/mol. The second-order valence-electron chi connectivity index (χ2n) is 15.6. The third kappa shape index (κ3) is 23.8. The Labute approximate surface area is 302 Å². The van der Waals surface area contributed by atoms with Crippen LogP contribution in [-0.2, 0) is 6.54 Å². The predicted octanol–water partition coefficient (Wildman–Crippen LogP) is 15.5. The van der Waals surface area contributed by atoms with Crippen molar-refractivity contribution in [2.45, 2.75) is 238 Å². The van der Waals surface area contributed by atoms with Gasteiger partial charge < -0.3 is 9.80 Å². The molecule has 48 heavy (non-hydrogen) atoms. The molecule has 0 bridgehead atoms. The Morgan fingerprint density at radius 1 is 0.375 bits per heavy atom. The summed E-state index contributed by atoms with van der Waals surface area (Å²) in [6.07, 6.45) is 52.8. The molecule has 2 nitrogen and oxygen atoms in total. The smallest absolute Gasteiger partial charge is 0.101 e. The SMILES string of the molecule is CCCCCCCCCCCCCCCCCCC1N(CCCCCCCCCCCCCCCCCC)C=CN1Cc1ccccc1. The number of benzene rings is 1. The van der Waals surface area contributed by atoms with E-state index in [1.807, 2.05) is 0 Å². The third-order valence-electron chi connectivity index (χ3n) is 11.0. The summed E-state index contributed by atoms with van der Waals surface area (Å²) in [5.74, 6) is 0. The molecule has 0 N–H and O–H groups in total. The van der Waals surface area contributed by atoms with Crippen LogP contribution in [0.2, 0.25) is 0 Å². The molecule has 1 unspecified atom stereocenters. The Kier molecular flexibility index (Phi) is 29.1. The standard InChI is InChI=1S/C46H84N2/c1-3-5-7-9-11-13-15-17-19-21-23-25-27-29-31-36-40-46-47(42-43-48(46)44-45-38-34-33-35-39-45)41-37-32-30-28-26-24-22-20-18-16-14-12-10-8-6-4-2/h33-35,38-39,42-43,46H,3-32,36-37,40-41,44H2,1-2H3. The number of hydrogen-bond donors (Lipinski definition) is 0. The lowest BCUT2D eigenvalue weighted by atomic mass is 10.0. The van der Waals surface area contributed by atoms with Gasteiger partial charge in [-0.05, 0) is 24.8 Å². The zero-order chi connectivity index (χ0) is 34.0. The average molecular weight is 665 g/mol. The summed E-state index contributed by atoms with van der Waals surface area (Å²) in [5, 5.41) is 0. The molecule has 0 radical (unpaired) electrons. The highest BCUT2D eigenvalue weighted by atomic mass is 15.4. The summed E-state index contributed by atoms with van der Waals surface area (Å²) in [5.41, 5.74) is 1.43. The molecule has 0 aromatic heterocycles. The van der Waals surface area contributed by atoms with Crippen LogP contribution in [-0.4, -0.2) is 22.5 Å². The van der Waals surface area contributed by atoms with Crippen molar-refractivity contribution in [2.75, 3.05) is 6.54 Å². The van der Waals surface area contributed by atoms with Gasteiger partial charge in [0.1, 0.15) is 6.17 Å². The minimum absolute atomic E-state index is 0.549. The van der Waals surface area contributed by atoms with E-state index in [2.05, 4.69) is 66.4 Å². The van der Waals surface area contributed by atoms with Gasteiger partial charge in [0.05, 0.1) is 0 Å². The van der Waals surface area contributed by atoms with Crippen molar-refractivity contribution in [1.29, 1.82) is 0 Å². The van der Waals surface area contributed by atoms with Gasteiger partial charge in [-0.3, -0.25) is 0 Å². The first kappa shape index (κ1) is 42.7. The summed E-state index contributed by atoms with van der Waals surface area (Å²) in [7, 11) is 0. The van der Waals surface area contributed by atoms with Gasteiger partial charge >= 0.3 is 0 Å². The lowest BCUT2D eigenvalue weighted by Gasteiger charge is -2.33. The van der Waals surface area contributed by atoms with Crippen LogP contribution < -0.4 is 0 Å². The fraction of sp³-hybridized carbons (Fsp3) is 0.826. The van der Waals surface area contributed by atoms with Crippen molar-refractivity contribution >= 4 is 0 Å². The summed E-state index contributed by atoms with van der Waals surface area (Å²) in [6.45, 7) is 6.88. The summed E-state index contributed by atoms with van der Waals surface area (Å²) in [6, 6.07) is 11.1. The molecule has 0 saturated carbocycles. The molecule has 0 saturated heterocycles. The lowest BCUT2D eigenvalue weighted by molar-refractivity contribution is 0.132. The van der Waals surface area contributed by atoms with E-state index < -0.39 is 0 Å². The summed E-state index contributed by atoms with van der Waals surface area (Å²) in [4.78, 5) is 5.30. The van der Waals surface area contributed by atoms with Gasteiger partial charge in [0.15, 0.2) is 0 Å². The highest BCUT2D eigenvalue weighted by Gasteiger charge is 2.25. The van der Waals surface area contributed by atoms with Crippen LogP contribution >= 0.6 is 0 Å². The molecule has 1 aliphatic heterocycles. The molecular formula is C46H84N2. The van der Waals surface area contributed by atoms with Gasteiger partial charge in [-0.2, -0.15) is 0 Å². The molecule has 1 aromatic rings. The van der Waals surface area contributed by atoms with Crippen molar-refractivity contribution in [3.8, 4) is 0 Å². The fourth-order valence-corrected chi connectivity index (χ4v) is 7.79. The van der Waals surface area contributed by atoms with Crippen LogP contribution in [0.4, 0.5) is 0 Å². The van der Waals surface area contributed by atoms with E-state index in [0.29, 0.717) is 6.17 Å². The van der Waals surface area contributed by atoms with Crippen molar-refractivity contribution in [1.82, 2.24) is 9.80 Å². The van der Waals surface area contributed by atoms with Crippen molar-refractivity contribution < 1.29 is 0 Å². The van der Waals surface area contributed by atoms with E-state index in [1.165, 1.54) is 224 Å². The largest absolute Gasteiger partial charge is 0.356 e. The first-order valence-corrected chi connectivity index (χ1v) is 22.1. The van der Waals surface area contributed by atoms with Crippen LogP contribution in [0.1, 0.15) is 231 Å². The average Bonchev–Trinajstić information content (AvgIpc) is 3.48. The lowest BCUT2D eigenvalue weighted by Crippen LogP contribution is -2.38. The number of unbranched alkanes of at least 4 members (excludes halogenated alkanes) is 30. The third-order valence-corrected chi connectivity index (χ3v) is 11.0. The highest BCUT2D eigenvalue weighted by Crippen LogP contribution is 2.25. The minimum atomic E-state index is 0.549. The Hall–Kier alpha value is -1.44. The molecule has 0 aliphatic carbocycles. The van der Waals surface area contributed by atoms with Gasteiger partial charge in [-0.1, -0.05) is 237 Å². The molecule has 2 heteroatoms. The van der Waals surface area contributed by atoms with Crippen LogP contribution in [0.5, 0.6) is 0 Å². The van der Waals surface area contributed by atoms with Gasteiger partial charge in [0.25, 0.3) is 0 Å². The Morgan fingerprint density at radius 2 is 0.708 bits per heavy atom. The summed E-state index contributed by atoms with van der Waals surface area (Å²) >= 11 is 0. The molecule has 278 valence electrons. The molecular weight excluding hydrogens is 581 g/mol. The van der Waals surface area contributed by atoms with E-state index >= 15 is 0 Å². The topological polar surface area (TPSA) is 6.48 Å². The fourth-order valence-electron chi connectivity index (χ4n) is 7.79. The van der Waals surface area contributed by atoms with Gasteiger partial charge in [-0.25, -0.2) is 0 Å². The molecule has 1 aromatic carbocycles. The van der Waals surface area contributed by atoms with E-state index in [1.54, 1.807) is 0 Å². The predicted molar refractivity (Wildman–Crippen MR) is 215 cm³/mol. The maximum absolute atomic E-state index is 2.68. The summed E-state index contributed by atoms with van der Waals surface area (Å²) < 4.78 is 0. The van der Waals surface area contributed by atoms with Gasteiger partial charge in [0, 0.05) is 25.5 Å².